The molecule has 4 heteroatoms. The van der Waals surface area contributed by atoms with Crippen molar-refractivity contribution < 1.29 is 9.13 Å². The van der Waals surface area contributed by atoms with Gasteiger partial charge in [-0.2, -0.15) is 0 Å². The second-order valence-corrected chi connectivity index (χ2v) is 5.01. The second-order valence-electron chi connectivity index (χ2n) is 3.60. The summed E-state index contributed by atoms with van der Waals surface area (Å²) in [6.45, 7) is 0. The van der Waals surface area contributed by atoms with Crippen LogP contribution in [0.4, 0.5) is 4.39 Å². The maximum absolute atomic E-state index is 13.6. The van der Waals surface area contributed by atoms with E-state index in [2.05, 4.69) is 15.9 Å². The SMILES string of the molecule is CSc1ccccc1Oc1cccc(F)c1CBr. The molecule has 2 rings (SSSR count). The molecule has 0 bridgehead atoms. The largest absolute Gasteiger partial charge is 0.456 e. The van der Waals surface area contributed by atoms with Crippen molar-refractivity contribution in [2.75, 3.05) is 6.26 Å². The first-order valence-corrected chi connectivity index (χ1v) is 7.75. The summed E-state index contributed by atoms with van der Waals surface area (Å²) in [7, 11) is 0. The molecule has 0 aliphatic rings. The van der Waals surface area contributed by atoms with E-state index in [0.29, 0.717) is 16.6 Å². The van der Waals surface area contributed by atoms with Crippen molar-refractivity contribution in [2.45, 2.75) is 10.2 Å². The number of alkyl halides is 1. The first-order valence-electron chi connectivity index (χ1n) is 5.40. The predicted octanol–water partition coefficient (Wildman–Crippen LogP) is 5.23. The monoisotopic (exact) mass is 326 g/mol. The fourth-order valence-corrected chi connectivity index (χ4v) is 2.66. The van der Waals surface area contributed by atoms with Gasteiger partial charge in [0.25, 0.3) is 0 Å². The molecule has 0 N–H and O–H groups in total. The third-order valence-electron chi connectivity index (χ3n) is 2.50. The number of benzene rings is 2. The Bertz CT molecular complexity index is 545. The maximum Gasteiger partial charge on any atom is 0.140 e. The lowest BCUT2D eigenvalue weighted by Crippen LogP contribution is -1.93. The van der Waals surface area contributed by atoms with Crippen LogP contribution in [0, 0.1) is 5.82 Å². The predicted molar refractivity (Wildman–Crippen MR) is 77.3 cm³/mol. The summed E-state index contributed by atoms with van der Waals surface area (Å²) < 4.78 is 19.4. The molecule has 0 fully saturated rings. The van der Waals surface area contributed by atoms with Crippen LogP contribution in [-0.4, -0.2) is 6.26 Å². The molecule has 2 aromatic carbocycles. The molecule has 94 valence electrons. The van der Waals surface area contributed by atoms with Crippen LogP contribution in [0.15, 0.2) is 47.4 Å². The van der Waals surface area contributed by atoms with E-state index in [9.17, 15) is 4.39 Å². The Morgan fingerprint density at radius 3 is 2.56 bits per heavy atom. The van der Waals surface area contributed by atoms with E-state index in [1.807, 2.05) is 30.5 Å². The van der Waals surface area contributed by atoms with Crippen molar-refractivity contribution in [1.82, 2.24) is 0 Å². The molecule has 18 heavy (non-hydrogen) atoms. The van der Waals surface area contributed by atoms with Crippen molar-refractivity contribution in [3.05, 3.63) is 53.8 Å². The summed E-state index contributed by atoms with van der Waals surface area (Å²) >= 11 is 4.88. The number of halogens is 2. The van der Waals surface area contributed by atoms with Gasteiger partial charge in [0.05, 0.1) is 0 Å². The van der Waals surface area contributed by atoms with Crippen LogP contribution in [0.25, 0.3) is 0 Å². The topological polar surface area (TPSA) is 9.23 Å². The molecule has 0 unspecified atom stereocenters. The molecule has 0 heterocycles. The average molecular weight is 327 g/mol. The molecule has 2 aromatic rings. The van der Waals surface area contributed by atoms with Crippen molar-refractivity contribution in [3.63, 3.8) is 0 Å². The van der Waals surface area contributed by atoms with Gasteiger partial charge in [0.2, 0.25) is 0 Å². The molecular weight excluding hydrogens is 315 g/mol. The number of ether oxygens (including phenoxy) is 1. The lowest BCUT2D eigenvalue weighted by molar-refractivity contribution is 0.460. The Kier molecular flexibility index (Phi) is 4.66. The van der Waals surface area contributed by atoms with Crippen LogP contribution in [0.5, 0.6) is 11.5 Å². The number of rotatable bonds is 4. The highest BCUT2D eigenvalue weighted by atomic mass is 79.9. The summed E-state index contributed by atoms with van der Waals surface area (Å²) in [4.78, 5) is 1.03. The lowest BCUT2D eigenvalue weighted by Gasteiger charge is -2.12. The normalized spacial score (nSPS) is 10.4. The van der Waals surface area contributed by atoms with Crippen LogP contribution >= 0.6 is 27.7 Å². The quantitative estimate of drug-likeness (QED) is 0.561. The van der Waals surface area contributed by atoms with Gasteiger partial charge in [0.15, 0.2) is 0 Å². The molecule has 0 aliphatic heterocycles. The fraction of sp³-hybridized carbons (Fsp3) is 0.143. The van der Waals surface area contributed by atoms with Gasteiger partial charge in [-0.1, -0.05) is 34.1 Å². The standard InChI is InChI=1S/C14H12BrFOS/c1-18-14-8-3-2-6-13(14)17-12-7-4-5-11(16)10(12)9-15/h2-8H,9H2,1H3. The van der Waals surface area contributed by atoms with Crippen LogP contribution in [0.3, 0.4) is 0 Å². The first-order chi connectivity index (χ1) is 8.76. The van der Waals surface area contributed by atoms with Crippen LogP contribution in [0.2, 0.25) is 0 Å². The molecule has 0 aromatic heterocycles. The zero-order chi connectivity index (χ0) is 13.0. The molecule has 0 saturated heterocycles. The van der Waals surface area contributed by atoms with Gasteiger partial charge in [-0.05, 0) is 30.5 Å². The second kappa shape index (κ2) is 6.25. The highest BCUT2D eigenvalue weighted by molar-refractivity contribution is 9.08. The van der Waals surface area contributed by atoms with E-state index in [-0.39, 0.29) is 5.82 Å². The van der Waals surface area contributed by atoms with Crippen LogP contribution in [-0.2, 0) is 5.33 Å². The zero-order valence-electron chi connectivity index (χ0n) is 9.82. The molecule has 0 spiro atoms. The Morgan fingerprint density at radius 1 is 1.11 bits per heavy atom. The summed E-state index contributed by atoms with van der Waals surface area (Å²) in [6.07, 6.45) is 1.99. The van der Waals surface area contributed by atoms with Crippen molar-refractivity contribution in [1.29, 1.82) is 0 Å². The summed E-state index contributed by atoms with van der Waals surface area (Å²) in [5, 5.41) is 0.427. The number of thioether (sulfide) groups is 1. The van der Waals surface area contributed by atoms with Gasteiger partial charge in [0, 0.05) is 15.8 Å². The molecule has 0 atom stereocenters. The highest BCUT2D eigenvalue weighted by Gasteiger charge is 2.10. The van der Waals surface area contributed by atoms with E-state index in [1.165, 1.54) is 6.07 Å². The van der Waals surface area contributed by atoms with Gasteiger partial charge in [-0.25, -0.2) is 4.39 Å². The number of hydrogen-bond acceptors (Lipinski definition) is 2. The summed E-state index contributed by atoms with van der Waals surface area (Å²) in [6, 6.07) is 12.6. The molecule has 0 radical (unpaired) electrons. The molecule has 0 amide bonds. The van der Waals surface area contributed by atoms with E-state index in [1.54, 1.807) is 23.9 Å². The fourth-order valence-electron chi connectivity index (χ4n) is 1.59. The molecule has 1 nitrogen and oxygen atoms in total. The lowest BCUT2D eigenvalue weighted by atomic mass is 10.2. The van der Waals surface area contributed by atoms with Gasteiger partial charge in [0.1, 0.15) is 17.3 Å². The van der Waals surface area contributed by atoms with Crippen LogP contribution < -0.4 is 4.74 Å². The van der Waals surface area contributed by atoms with E-state index in [0.717, 1.165) is 10.6 Å². The van der Waals surface area contributed by atoms with Crippen molar-refractivity contribution in [3.8, 4) is 11.5 Å². The number of hydrogen-bond donors (Lipinski definition) is 0. The minimum absolute atomic E-state index is 0.258. The maximum atomic E-state index is 13.6. The van der Waals surface area contributed by atoms with Gasteiger partial charge < -0.3 is 4.74 Å². The molecule has 0 aliphatic carbocycles. The minimum atomic E-state index is -0.258. The minimum Gasteiger partial charge on any atom is -0.456 e. The molecule has 0 saturated carbocycles. The first kappa shape index (κ1) is 13.4. The van der Waals surface area contributed by atoms with E-state index in [4.69, 9.17) is 4.74 Å². The van der Waals surface area contributed by atoms with Crippen LogP contribution in [0.1, 0.15) is 5.56 Å². The van der Waals surface area contributed by atoms with Gasteiger partial charge in [-0.15, -0.1) is 11.8 Å². The van der Waals surface area contributed by atoms with Crippen molar-refractivity contribution in [2.24, 2.45) is 0 Å². The zero-order valence-corrected chi connectivity index (χ0v) is 12.2. The Morgan fingerprint density at radius 2 is 1.83 bits per heavy atom. The highest BCUT2D eigenvalue weighted by Crippen LogP contribution is 2.34. The Labute approximate surface area is 118 Å². The van der Waals surface area contributed by atoms with E-state index >= 15 is 0 Å². The third-order valence-corrected chi connectivity index (χ3v) is 3.84. The number of para-hydroxylation sites is 1. The molecular formula is C14H12BrFOS. The average Bonchev–Trinajstić information content (AvgIpc) is 2.40. The third kappa shape index (κ3) is 2.87. The van der Waals surface area contributed by atoms with Gasteiger partial charge in [-0.3, -0.25) is 0 Å². The van der Waals surface area contributed by atoms with E-state index < -0.39 is 0 Å². The van der Waals surface area contributed by atoms with Crippen molar-refractivity contribution >= 4 is 27.7 Å². The summed E-state index contributed by atoms with van der Waals surface area (Å²) in [5.41, 5.74) is 0.536. The summed E-state index contributed by atoms with van der Waals surface area (Å²) in [5.74, 6) is 1.04. The Balaban J connectivity index is 2.37. The Hall–Kier alpha value is -1.00. The smallest absolute Gasteiger partial charge is 0.140 e. The van der Waals surface area contributed by atoms with Gasteiger partial charge >= 0.3 is 0 Å².